The lowest BCUT2D eigenvalue weighted by Crippen LogP contribution is -2.39. The second kappa shape index (κ2) is 5.07. The molecule has 1 nitrogen and oxygen atoms in total. The first-order valence-corrected chi connectivity index (χ1v) is 7.00. The molecule has 0 amide bonds. The van der Waals surface area contributed by atoms with Crippen molar-refractivity contribution in [2.24, 2.45) is 11.1 Å². The number of rotatable bonds is 3. The second-order valence-corrected chi connectivity index (χ2v) is 6.26. The molecule has 0 saturated heterocycles. The Bertz CT molecular complexity index is 399. The third-order valence-corrected chi connectivity index (χ3v) is 4.86. The zero-order valence-corrected chi connectivity index (χ0v) is 11.8. The monoisotopic (exact) mass is 299 g/mol. The van der Waals surface area contributed by atoms with E-state index in [9.17, 15) is 4.39 Å². The van der Waals surface area contributed by atoms with Crippen LogP contribution in [0.4, 0.5) is 4.39 Å². The molecular weight excluding hydrogens is 281 g/mol. The maximum atomic E-state index is 13.2. The fourth-order valence-corrected chi connectivity index (χ4v) is 3.15. The molecule has 1 aliphatic carbocycles. The molecule has 0 aliphatic heterocycles. The Labute approximate surface area is 111 Å². The molecule has 1 fully saturated rings. The van der Waals surface area contributed by atoms with Crippen molar-refractivity contribution in [3.63, 3.8) is 0 Å². The third-order valence-electron chi connectivity index (χ3n) is 4.09. The number of nitrogens with two attached hydrogens (primary N) is 1. The molecule has 0 aromatic heterocycles. The van der Waals surface area contributed by atoms with Crippen LogP contribution in [0, 0.1) is 11.2 Å². The Morgan fingerprint density at radius 1 is 1.41 bits per heavy atom. The molecule has 1 saturated carbocycles. The standard InChI is InChI=1S/C14H19BrFN/c1-14(6-2-3-7-14)13(17)9-10-8-11(16)4-5-12(10)15/h4-5,8,13H,2-3,6-7,9,17H2,1H3. The predicted octanol–water partition coefficient (Wildman–Crippen LogP) is 4.04. The van der Waals surface area contributed by atoms with Crippen LogP contribution in [0.3, 0.4) is 0 Å². The van der Waals surface area contributed by atoms with Crippen molar-refractivity contribution >= 4 is 15.9 Å². The molecule has 2 N–H and O–H groups in total. The van der Waals surface area contributed by atoms with E-state index >= 15 is 0 Å². The van der Waals surface area contributed by atoms with Crippen LogP contribution in [0.2, 0.25) is 0 Å². The summed E-state index contributed by atoms with van der Waals surface area (Å²) in [6.45, 7) is 2.26. The largest absolute Gasteiger partial charge is 0.327 e. The van der Waals surface area contributed by atoms with Gasteiger partial charge in [-0.05, 0) is 48.4 Å². The zero-order chi connectivity index (χ0) is 12.5. The van der Waals surface area contributed by atoms with Crippen molar-refractivity contribution in [1.82, 2.24) is 0 Å². The van der Waals surface area contributed by atoms with Crippen molar-refractivity contribution in [2.45, 2.75) is 45.1 Å². The Hall–Kier alpha value is -0.410. The van der Waals surface area contributed by atoms with Crippen LogP contribution in [-0.4, -0.2) is 6.04 Å². The highest BCUT2D eigenvalue weighted by Crippen LogP contribution is 2.41. The molecule has 94 valence electrons. The fourth-order valence-electron chi connectivity index (χ4n) is 2.74. The molecule has 1 unspecified atom stereocenters. The molecule has 1 aromatic carbocycles. The molecule has 2 rings (SSSR count). The molecule has 0 spiro atoms. The number of hydrogen-bond donors (Lipinski definition) is 1. The van der Waals surface area contributed by atoms with Crippen LogP contribution in [0.15, 0.2) is 22.7 Å². The summed E-state index contributed by atoms with van der Waals surface area (Å²) in [5, 5.41) is 0. The summed E-state index contributed by atoms with van der Waals surface area (Å²) in [5.74, 6) is -0.188. The van der Waals surface area contributed by atoms with Crippen LogP contribution < -0.4 is 5.73 Å². The predicted molar refractivity (Wildman–Crippen MR) is 72.4 cm³/mol. The van der Waals surface area contributed by atoms with Crippen LogP contribution in [0.25, 0.3) is 0 Å². The van der Waals surface area contributed by atoms with Gasteiger partial charge in [0.25, 0.3) is 0 Å². The van der Waals surface area contributed by atoms with Gasteiger partial charge in [-0.1, -0.05) is 35.7 Å². The van der Waals surface area contributed by atoms with Crippen molar-refractivity contribution in [2.75, 3.05) is 0 Å². The van der Waals surface area contributed by atoms with Gasteiger partial charge < -0.3 is 5.73 Å². The number of halogens is 2. The Morgan fingerprint density at radius 3 is 2.71 bits per heavy atom. The van der Waals surface area contributed by atoms with Crippen LogP contribution in [0.5, 0.6) is 0 Å². The van der Waals surface area contributed by atoms with E-state index in [0.29, 0.717) is 0 Å². The summed E-state index contributed by atoms with van der Waals surface area (Å²) in [7, 11) is 0. The molecule has 1 aliphatic rings. The fraction of sp³-hybridized carbons (Fsp3) is 0.571. The van der Waals surface area contributed by atoms with Gasteiger partial charge in [0.15, 0.2) is 0 Å². The van der Waals surface area contributed by atoms with Gasteiger partial charge in [0.1, 0.15) is 5.82 Å². The average molecular weight is 300 g/mol. The summed E-state index contributed by atoms with van der Waals surface area (Å²) in [4.78, 5) is 0. The maximum absolute atomic E-state index is 13.2. The lowest BCUT2D eigenvalue weighted by Gasteiger charge is -2.31. The molecule has 0 bridgehead atoms. The van der Waals surface area contributed by atoms with Crippen molar-refractivity contribution < 1.29 is 4.39 Å². The highest BCUT2D eigenvalue weighted by Gasteiger charge is 2.34. The van der Waals surface area contributed by atoms with Gasteiger partial charge in [-0.2, -0.15) is 0 Å². The first-order chi connectivity index (χ1) is 8.01. The van der Waals surface area contributed by atoms with Gasteiger partial charge in [0.05, 0.1) is 0 Å². The molecule has 1 atom stereocenters. The summed E-state index contributed by atoms with van der Waals surface area (Å²) < 4.78 is 14.2. The van der Waals surface area contributed by atoms with Gasteiger partial charge in [-0.15, -0.1) is 0 Å². The van der Waals surface area contributed by atoms with Gasteiger partial charge in [-0.3, -0.25) is 0 Å². The minimum Gasteiger partial charge on any atom is -0.327 e. The molecule has 0 radical (unpaired) electrons. The van der Waals surface area contributed by atoms with E-state index in [-0.39, 0.29) is 17.3 Å². The first kappa shape index (κ1) is 13.0. The minimum atomic E-state index is -0.188. The minimum absolute atomic E-state index is 0.114. The summed E-state index contributed by atoms with van der Waals surface area (Å²) in [5.41, 5.74) is 7.53. The van der Waals surface area contributed by atoms with E-state index < -0.39 is 0 Å². The molecule has 3 heteroatoms. The summed E-state index contributed by atoms with van der Waals surface area (Å²) in [6, 6.07) is 4.93. The van der Waals surface area contributed by atoms with Gasteiger partial charge >= 0.3 is 0 Å². The Balaban J connectivity index is 2.12. The van der Waals surface area contributed by atoms with Gasteiger partial charge in [0, 0.05) is 10.5 Å². The lowest BCUT2D eigenvalue weighted by atomic mass is 9.78. The number of hydrogen-bond acceptors (Lipinski definition) is 1. The van der Waals surface area contributed by atoms with Crippen molar-refractivity contribution in [3.05, 3.63) is 34.1 Å². The Kier molecular flexibility index (Phi) is 3.88. The second-order valence-electron chi connectivity index (χ2n) is 5.41. The van der Waals surface area contributed by atoms with E-state index in [1.807, 2.05) is 0 Å². The highest BCUT2D eigenvalue weighted by atomic mass is 79.9. The van der Waals surface area contributed by atoms with E-state index in [0.717, 1.165) is 16.5 Å². The Morgan fingerprint density at radius 2 is 2.06 bits per heavy atom. The van der Waals surface area contributed by atoms with E-state index in [1.165, 1.54) is 31.7 Å². The topological polar surface area (TPSA) is 26.0 Å². The first-order valence-electron chi connectivity index (χ1n) is 6.21. The van der Waals surface area contributed by atoms with Crippen LogP contribution >= 0.6 is 15.9 Å². The van der Waals surface area contributed by atoms with Gasteiger partial charge in [0.2, 0.25) is 0 Å². The average Bonchev–Trinajstić information content (AvgIpc) is 2.72. The van der Waals surface area contributed by atoms with Crippen molar-refractivity contribution in [3.8, 4) is 0 Å². The maximum Gasteiger partial charge on any atom is 0.123 e. The van der Waals surface area contributed by atoms with E-state index in [2.05, 4.69) is 22.9 Å². The normalized spacial score (nSPS) is 20.5. The van der Waals surface area contributed by atoms with Gasteiger partial charge in [-0.25, -0.2) is 4.39 Å². The molecule has 17 heavy (non-hydrogen) atoms. The SMILES string of the molecule is CC1(C(N)Cc2cc(F)ccc2Br)CCCC1. The van der Waals surface area contributed by atoms with E-state index in [4.69, 9.17) is 5.73 Å². The van der Waals surface area contributed by atoms with Crippen LogP contribution in [0.1, 0.15) is 38.2 Å². The zero-order valence-electron chi connectivity index (χ0n) is 10.2. The van der Waals surface area contributed by atoms with Crippen molar-refractivity contribution in [1.29, 1.82) is 0 Å². The lowest BCUT2D eigenvalue weighted by molar-refractivity contribution is 0.260. The smallest absolute Gasteiger partial charge is 0.123 e. The van der Waals surface area contributed by atoms with Crippen LogP contribution in [-0.2, 0) is 6.42 Å². The van der Waals surface area contributed by atoms with E-state index in [1.54, 1.807) is 12.1 Å². The quantitative estimate of drug-likeness (QED) is 0.896. The summed E-state index contributed by atoms with van der Waals surface area (Å²) >= 11 is 3.46. The third kappa shape index (κ3) is 2.89. The summed E-state index contributed by atoms with van der Waals surface area (Å²) in [6.07, 6.45) is 5.68. The molecule has 1 aromatic rings. The molecule has 0 heterocycles. The molecular formula is C14H19BrFN. The highest BCUT2D eigenvalue weighted by molar-refractivity contribution is 9.10. The number of benzene rings is 1.